The Morgan fingerprint density at radius 3 is 2.47 bits per heavy atom. The van der Waals surface area contributed by atoms with Crippen LogP contribution in [0.3, 0.4) is 0 Å². The Kier molecular flexibility index (Phi) is 6.35. The number of halogens is 1. The Bertz CT molecular complexity index is 1500. The van der Waals surface area contributed by atoms with Gasteiger partial charge in [0.15, 0.2) is 5.78 Å². The van der Waals surface area contributed by atoms with Crippen molar-refractivity contribution < 1.29 is 23.5 Å². The van der Waals surface area contributed by atoms with Crippen molar-refractivity contribution in [2.45, 2.75) is 12.8 Å². The molecule has 0 atom stereocenters. The molecule has 2 N–H and O–H groups in total. The van der Waals surface area contributed by atoms with Crippen molar-refractivity contribution in [2.24, 2.45) is 0 Å². The standard InChI is InChI=1S/C28H21FN2O4S/c1-35-28(34)18-7-5-16-4-6-17-13-19(8-10-21(17)26(32)22(16)14-18)30-20-9-11-23(29)24(15-20)31-27(33)25-3-2-12-36-25/h2-3,5,7-15,30H,4,6H2,1H3,(H,31,33). The number of amides is 1. The lowest BCUT2D eigenvalue weighted by Gasteiger charge is -2.13. The molecule has 1 aliphatic rings. The summed E-state index contributed by atoms with van der Waals surface area (Å²) in [5, 5.41) is 7.62. The number of hydrogen-bond acceptors (Lipinski definition) is 6. The topological polar surface area (TPSA) is 84.5 Å². The fraction of sp³-hybridized carbons (Fsp3) is 0.107. The molecule has 0 spiro atoms. The highest BCUT2D eigenvalue weighted by atomic mass is 32.1. The van der Waals surface area contributed by atoms with Crippen LogP contribution in [0.1, 0.15) is 47.1 Å². The number of anilines is 3. The highest BCUT2D eigenvalue weighted by Crippen LogP contribution is 2.30. The quantitative estimate of drug-likeness (QED) is 0.329. The Morgan fingerprint density at radius 2 is 1.69 bits per heavy atom. The molecule has 5 rings (SSSR count). The Hall–Kier alpha value is -4.30. The van der Waals surface area contributed by atoms with Crippen LogP contribution in [0.5, 0.6) is 0 Å². The van der Waals surface area contributed by atoms with Crippen LogP contribution in [0.4, 0.5) is 21.5 Å². The van der Waals surface area contributed by atoms with Crippen LogP contribution < -0.4 is 10.6 Å². The van der Waals surface area contributed by atoms with Crippen LogP contribution >= 0.6 is 11.3 Å². The van der Waals surface area contributed by atoms with Crippen molar-refractivity contribution in [2.75, 3.05) is 17.7 Å². The summed E-state index contributed by atoms with van der Waals surface area (Å²) >= 11 is 1.28. The molecule has 1 heterocycles. The molecule has 8 heteroatoms. The van der Waals surface area contributed by atoms with Crippen molar-refractivity contribution >= 4 is 46.1 Å². The predicted molar refractivity (Wildman–Crippen MR) is 137 cm³/mol. The minimum Gasteiger partial charge on any atom is -0.465 e. The van der Waals surface area contributed by atoms with E-state index in [1.54, 1.807) is 53.9 Å². The van der Waals surface area contributed by atoms with E-state index in [4.69, 9.17) is 4.74 Å². The van der Waals surface area contributed by atoms with Crippen LogP contribution in [0.2, 0.25) is 0 Å². The number of methoxy groups -OCH3 is 1. The van der Waals surface area contributed by atoms with Crippen molar-refractivity contribution in [3.8, 4) is 0 Å². The van der Waals surface area contributed by atoms with Gasteiger partial charge in [0.25, 0.3) is 5.91 Å². The summed E-state index contributed by atoms with van der Waals surface area (Å²) in [6, 6.07) is 18.3. The maximum Gasteiger partial charge on any atom is 0.337 e. The summed E-state index contributed by atoms with van der Waals surface area (Å²) in [5.41, 5.74) is 4.54. The summed E-state index contributed by atoms with van der Waals surface area (Å²) in [6.07, 6.45) is 1.29. The smallest absolute Gasteiger partial charge is 0.337 e. The molecule has 0 bridgehead atoms. The Morgan fingerprint density at radius 1 is 0.917 bits per heavy atom. The second kappa shape index (κ2) is 9.75. The van der Waals surface area contributed by atoms with Gasteiger partial charge in [-0.25, -0.2) is 9.18 Å². The summed E-state index contributed by atoms with van der Waals surface area (Å²) in [5.74, 6) is -1.54. The minimum atomic E-state index is -0.540. The molecule has 0 radical (unpaired) electrons. The second-order valence-electron chi connectivity index (χ2n) is 8.32. The molecule has 180 valence electrons. The average molecular weight is 501 g/mol. The van der Waals surface area contributed by atoms with Crippen molar-refractivity contribution in [1.29, 1.82) is 0 Å². The van der Waals surface area contributed by atoms with Crippen molar-refractivity contribution in [1.82, 2.24) is 0 Å². The minimum absolute atomic E-state index is 0.0696. The van der Waals surface area contributed by atoms with Crippen LogP contribution in [0.25, 0.3) is 0 Å². The maximum atomic E-state index is 14.3. The van der Waals surface area contributed by atoms with Gasteiger partial charge in [-0.05, 0) is 83.9 Å². The lowest BCUT2D eigenvalue weighted by Crippen LogP contribution is -2.11. The van der Waals surface area contributed by atoms with Gasteiger partial charge in [0, 0.05) is 22.5 Å². The van der Waals surface area contributed by atoms with E-state index in [1.807, 2.05) is 6.07 Å². The largest absolute Gasteiger partial charge is 0.465 e. The number of ether oxygens (including phenoxy) is 1. The van der Waals surface area contributed by atoms with Gasteiger partial charge in [-0.1, -0.05) is 12.1 Å². The molecular weight excluding hydrogens is 479 g/mol. The molecule has 0 saturated carbocycles. The second-order valence-corrected chi connectivity index (χ2v) is 9.26. The monoisotopic (exact) mass is 500 g/mol. The number of ketones is 1. The first kappa shape index (κ1) is 23.4. The zero-order valence-corrected chi connectivity index (χ0v) is 20.1. The molecule has 1 amide bonds. The van der Waals surface area contributed by atoms with Crippen molar-refractivity contribution in [3.63, 3.8) is 0 Å². The number of carbonyl (C=O) groups is 3. The van der Waals surface area contributed by atoms with Gasteiger partial charge in [-0.2, -0.15) is 0 Å². The third kappa shape index (κ3) is 4.63. The highest BCUT2D eigenvalue weighted by molar-refractivity contribution is 7.12. The molecule has 0 unspecified atom stereocenters. The maximum absolute atomic E-state index is 14.3. The number of aryl methyl sites for hydroxylation is 2. The van der Waals surface area contributed by atoms with Gasteiger partial charge in [0.05, 0.1) is 23.2 Å². The molecule has 3 aromatic carbocycles. The molecule has 4 aromatic rings. The molecular formula is C28H21FN2O4S. The Balaban J connectivity index is 1.38. The van der Waals surface area contributed by atoms with E-state index in [9.17, 15) is 18.8 Å². The van der Waals surface area contributed by atoms with E-state index in [2.05, 4.69) is 10.6 Å². The molecule has 0 aliphatic heterocycles. The molecule has 0 saturated heterocycles. The van der Waals surface area contributed by atoms with E-state index in [-0.39, 0.29) is 17.4 Å². The summed E-state index contributed by atoms with van der Waals surface area (Å²) in [7, 11) is 1.31. The molecule has 0 fully saturated rings. The van der Waals surface area contributed by atoms with Crippen LogP contribution in [-0.4, -0.2) is 24.8 Å². The van der Waals surface area contributed by atoms with Crippen LogP contribution in [0.15, 0.2) is 72.1 Å². The first-order valence-corrected chi connectivity index (χ1v) is 12.1. The van der Waals surface area contributed by atoms with Crippen molar-refractivity contribution in [3.05, 3.63) is 111 Å². The third-order valence-corrected chi connectivity index (χ3v) is 6.91. The molecule has 1 aromatic heterocycles. The molecule has 36 heavy (non-hydrogen) atoms. The van der Waals surface area contributed by atoms with Gasteiger partial charge in [-0.3, -0.25) is 9.59 Å². The SMILES string of the molecule is COC(=O)c1ccc2c(c1)C(=O)c1ccc(Nc3ccc(F)c(NC(=O)c4cccs4)c3)cc1CC2. The van der Waals surface area contributed by atoms with Gasteiger partial charge in [-0.15, -0.1) is 11.3 Å². The predicted octanol–water partition coefficient (Wildman–Crippen LogP) is 6.00. The fourth-order valence-corrected chi connectivity index (χ4v) is 4.84. The van der Waals surface area contributed by atoms with E-state index in [0.29, 0.717) is 40.1 Å². The first-order valence-electron chi connectivity index (χ1n) is 11.2. The highest BCUT2D eigenvalue weighted by Gasteiger charge is 2.23. The number of hydrogen-bond donors (Lipinski definition) is 2. The normalized spacial score (nSPS) is 12.2. The lowest BCUT2D eigenvalue weighted by atomic mass is 9.97. The zero-order chi connectivity index (χ0) is 25.2. The molecule has 1 aliphatic carbocycles. The number of carbonyl (C=O) groups excluding carboxylic acids is 3. The third-order valence-electron chi connectivity index (χ3n) is 6.04. The number of nitrogens with one attached hydrogen (secondary N) is 2. The van der Waals surface area contributed by atoms with E-state index < -0.39 is 11.8 Å². The van der Waals surface area contributed by atoms with E-state index in [1.165, 1.54) is 30.6 Å². The summed E-state index contributed by atoms with van der Waals surface area (Å²) in [4.78, 5) is 38.1. The van der Waals surface area contributed by atoms with E-state index in [0.717, 1.165) is 16.8 Å². The Labute approximate surface area is 210 Å². The van der Waals surface area contributed by atoms with E-state index >= 15 is 0 Å². The number of fused-ring (bicyclic) bond motifs is 2. The van der Waals surface area contributed by atoms with Gasteiger partial charge >= 0.3 is 5.97 Å². The number of benzene rings is 3. The zero-order valence-electron chi connectivity index (χ0n) is 19.3. The molecule has 6 nitrogen and oxygen atoms in total. The summed E-state index contributed by atoms with van der Waals surface area (Å²) in [6.45, 7) is 0. The van der Waals surface area contributed by atoms with Gasteiger partial charge < -0.3 is 15.4 Å². The average Bonchev–Trinajstić information content (AvgIpc) is 3.40. The summed E-state index contributed by atoms with van der Waals surface area (Å²) < 4.78 is 19.1. The number of esters is 1. The van der Waals surface area contributed by atoms with Gasteiger partial charge in [0.1, 0.15) is 5.82 Å². The first-order chi connectivity index (χ1) is 17.4. The van der Waals surface area contributed by atoms with Gasteiger partial charge in [0.2, 0.25) is 0 Å². The van der Waals surface area contributed by atoms with Crippen LogP contribution in [-0.2, 0) is 17.6 Å². The fourth-order valence-electron chi connectivity index (χ4n) is 4.22. The number of thiophene rings is 1. The lowest BCUT2D eigenvalue weighted by molar-refractivity contribution is 0.0600. The van der Waals surface area contributed by atoms with Crippen LogP contribution in [0, 0.1) is 5.82 Å². The number of rotatable bonds is 5.